The third-order valence-corrected chi connectivity index (χ3v) is 5.63. The van der Waals surface area contributed by atoms with Gasteiger partial charge in [-0.2, -0.15) is 0 Å². The largest absolute Gasteiger partial charge is 0.343 e. The molecule has 1 N–H and O–H groups in total. The van der Waals surface area contributed by atoms with E-state index < -0.39 is 10.8 Å². The van der Waals surface area contributed by atoms with Gasteiger partial charge in [-0.15, -0.1) is 24.0 Å². The summed E-state index contributed by atoms with van der Waals surface area (Å²) in [6.07, 6.45) is 5.41. The van der Waals surface area contributed by atoms with Gasteiger partial charge in [-0.25, -0.2) is 4.99 Å². The average Bonchev–Trinajstić information content (AvgIpc) is 2.69. The van der Waals surface area contributed by atoms with E-state index in [9.17, 15) is 4.21 Å². The van der Waals surface area contributed by atoms with Crippen molar-refractivity contribution in [2.24, 2.45) is 4.99 Å². The highest BCUT2D eigenvalue weighted by Crippen LogP contribution is 2.21. The first kappa shape index (κ1) is 21.9. The van der Waals surface area contributed by atoms with Crippen LogP contribution in [0.2, 0.25) is 0 Å². The second-order valence-electron chi connectivity index (χ2n) is 6.69. The smallest absolute Gasteiger partial charge is 0.199 e. The molecule has 1 aliphatic heterocycles. The van der Waals surface area contributed by atoms with Crippen LogP contribution in [0.1, 0.15) is 37.8 Å². The van der Waals surface area contributed by atoms with E-state index in [-0.39, 0.29) is 30.0 Å². The number of benzene rings is 2. The van der Waals surface area contributed by atoms with Crippen molar-refractivity contribution in [2.45, 2.75) is 37.1 Å². The predicted molar refractivity (Wildman–Crippen MR) is 126 cm³/mol. The molecule has 1 fully saturated rings. The summed E-state index contributed by atoms with van der Waals surface area (Å²) in [5, 5.41) is 3.51. The van der Waals surface area contributed by atoms with Crippen LogP contribution in [0.15, 0.2) is 64.5 Å². The summed E-state index contributed by atoms with van der Waals surface area (Å²) in [5.74, 6) is 0.937. The first-order valence-corrected chi connectivity index (χ1v) is 10.8. The number of likely N-dealkylation sites (tertiary alicyclic amines) is 1. The molecule has 1 aliphatic rings. The van der Waals surface area contributed by atoms with Crippen molar-refractivity contribution in [2.75, 3.05) is 24.7 Å². The van der Waals surface area contributed by atoms with Crippen LogP contribution in [0.3, 0.4) is 0 Å². The molecule has 27 heavy (non-hydrogen) atoms. The Balaban J connectivity index is 0.00000261. The number of aliphatic imine (C=N–C) groups is 1. The molecule has 0 bridgehead atoms. The fraction of sp³-hybridized carbons (Fsp3) is 0.381. The molecule has 0 spiro atoms. The fourth-order valence-corrected chi connectivity index (χ4v) is 3.66. The van der Waals surface area contributed by atoms with Gasteiger partial charge in [0.2, 0.25) is 0 Å². The molecule has 1 heterocycles. The number of hydrogen-bond acceptors (Lipinski definition) is 2. The van der Waals surface area contributed by atoms with Crippen molar-refractivity contribution in [3.63, 3.8) is 0 Å². The number of piperidine rings is 1. The average molecular weight is 497 g/mol. The van der Waals surface area contributed by atoms with Gasteiger partial charge in [0.15, 0.2) is 5.96 Å². The number of halogens is 1. The predicted octanol–water partition coefficient (Wildman–Crippen LogP) is 5.06. The molecule has 0 amide bonds. The highest BCUT2D eigenvalue weighted by molar-refractivity contribution is 14.0. The van der Waals surface area contributed by atoms with Gasteiger partial charge in [0, 0.05) is 40.7 Å². The van der Waals surface area contributed by atoms with E-state index in [0.717, 1.165) is 35.2 Å². The van der Waals surface area contributed by atoms with Crippen molar-refractivity contribution < 1.29 is 4.21 Å². The van der Waals surface area contributed by atoms with Gasteiger partial charge >= 0.3 is 0 Å². The topological polar surface area (TPSA) is 44.7 Å². The van der Waals surface area contributed by atoms with E-state index in [4.69, 9.17) is 4.99 Å². The van der Waals surface area contributed by atoms with E-state index in [1.54, 1.807) is 6.26 Å². The van der Waals surface area contributed by atoms with E-state index in [2.05, 4.69) is 29.3 Å². The first-order valence-electron chi connectivity index (χ1n) is 9.21. The Morgan fingerprint density at radius 1 is 1.04 bits per heavy atom. The van der Waals surface area contributed by atoms with Crippen LogP contribution in [-0.2, 0) is 10.8 Å². The number of rotatable bonds is 4. The maximum absolute atomic E-state index is 11.6. The summed E-state index contributed by atoms with van der Waals surface area (Å²) < 4.78 is 11.6. The van der Waals surface area contributed by atoms with E-state index in [1.807, 2.05) is 42.5 Å². The third-order valence-electron chi connectivity index (χ3n) is 4.70. The quantitative estimate of drug-likeness (QED) is 0.365. The molecule has 0 radical (unpaired) electrons. The third kappa shape index (κ3) is 6.31. The lowest BCUT2D eigenvalue weighted by Gasteiger charge is -2.31. The monoisotopic (exact) mass is 497 g/mol. The van der Waals surface area contributed by atoms with Crippen LogP contribution >= 0.6 is 24.0 Å². The summed E-state index contributed by atoms with van der Waals surface area (Å²) in [6, 6.07) is 18.2. The Morgan fingerprint density at radius 3 is 2.26 bits per heavy atom. The van der Waals surface area contributed by atoms with Crippen molar-refractivity contribution >= 4 is 46.4 Å². The highest BCUT2D eigenvalue weighted by Gasteiger charge is 2.17. The molecule has 2 aromatic carbocycles. The van der Waals surface area contributed by atoms with Crippen molar-refractivity contribution in [3.05, 3.63) is 60.2 Å². The van der Waals surface area contributed by atoms with Crippen LogP contribution in [0, 0.1) is 0 Å². The van der Waals surface area contributed by atoms with Crippen molar-refractivity contribution in [1.29, 1.82) is 0 Å². The maximum atomic E-state index is 11.6. The van der Waals surface area contributed by atoms with Gasteiger partial charge in [-0.05, 0) is 56.0 Å². The van der Waals surface area contributed by atoms with Crippen LogP contribution < -0.4 is 5.32 Å². The Kier molecular flexibility index (Phi) is 8.76. The van der Waals surface area contributed by atoms with E-state index in [1.165, 1.54) is 19.3 Å². The summed E-state index contributed by atoms with van der Waals surface area (Å²) >= 11 is 0. The SMILES string of the molecule is CC(N=C(Nc1ccccc1)N1CCCCC1)c1ccc(S(C)=O)cc1.I. The van der Waals surface area contributed by atoms with E-state index >= 15 is 0 Å². The Bertz CT molecular complexity index is 759. The molecule has 4 nitrogen and oxygen atoms in total. The zero-order chi connectivity index (χ0) is 18.4. The minimum Gasteiger partial charge on any atom is -0.343 e. The van der Waals surface area contributed by atoms with Crippen LogP contribution in [0.25, 0.3) is 0 Å². The number of guanidine groups is 1. The fourth-order valence-electron chi connectivity index (χ4n) is 3.15. The van der Waals surface area contributed by atoms with Crippen molar-refractivity contribution in [1.82, 2.24) is 4.90 Å². The van der Waals surface area contributed by atoms with Gasteiger partial charge in [0.05, 0.1) is 6.04 Å². The lowest BCUT2D eigenvalue weighted by Crippen LogP contribution is -2.40. The molecule has 0 aliphatic carbocycles. The molecule has 6 heteroatoms. The molecular weight excluding hydrogens is 469 g/mol. The summed E-state index contributed by atoms with van der Waals surface area (Å²) in [4.78, 5) is 8.20. The van der Waals surface area contributed by atoms with Gasteiger partial charge in [0.1, 0.15) is 0 Å². The van der Waals surface area contributed by atoms with Crippen LogP contribution in [-0.4, -0.2) is 34.4 Å². The van der Waals surface area contributed by atoms with Crippen LogP contribution in [0.5, 0.6) is 0 Å². The highest BCUT2D eigenvalue weighted by atomic mass is 127. The molecule has 0 aromatic heterocycles. The van der Waals surface area contributed by atoms with Crippen molar-refractivity contribution in [3.8, 4) is 0 Å². The first-order chi connectivity index (χ1) is 12.6. The standard InChI is InChI=1S/C21H27N3OS.HI/c1-17(18-11-13-20(14-12-18)26(2)25)22-21(24-15-7-4-8-16-24)23-19-9-5-3-6-10-19;/h3,5-6,9-14,17H,4,7-8,15-16H2,1-2H3,(H,22,23);1H. The lowest BCUT2D eigenvalue weighted by molar-refractivity contribution is 0.339. The maximum Gasteiger partial charge on any atom is 0.199 e. The zero-order valence-corrected chi connectivity index (χ0v) is 19.1. The molecule has 0 saturated carbocycles. The molecule has 2 unspecified atom stereocenters. The Hall–Kier alpha value is -1.41. The van der Waals surface area contributed by atoms with Crippen LogP contribution in [0.4, 0.5) is 5.69 Å². The molecule has 1 saturated heterocycles. The Labute approximate surface area is 181 Å². The Morgan fingerprint density at radius 2 is 1.67 bits per heavy atom. The minimum atomic E-state index is -0.948. The molecule has 2 atom stereocenters. The molecule has 3 rings (SSSR count). The summed E-state index contributed by atoms with van der Waals surface area (Å²) in [6.45, 7) is 4.19. The van der Waals surface area contributed by atoms with Gasteiger partial charge < -0.3 is 10.2 Å². The van der Waals surface area contributed by atoms with Gasteiger partial charge in [-0.1, -0.05) is 30.3 Å². The number of nitrogens with zero attached hydrogens (tertiary/aromatic N) is 2. The number of anilines is 1. The van der Waals surface area contributed by atoms with E-state index in [0.29, 0.717) is 0 Å². The molecule has 146 valence electrons. The van der Waals surface area contributed by atoms with Gasteiger partial charge in [-0.3, -0.25) is 4.21 Å². The number of para-hydroxylation sites is 1. The summed E-state index contributed by atoms with van der Waals surface area (Å²) in [5.41, 5.74) is 2.18. The molecular formula is C21H28IN3OS. The number of nitrogens with one attached hydrogen (secondary N) is 1. The normalized spacial score (nSPS) is 17.0. The minimum absolute atomic E-state index is 0. The summed E-state index contributed by atoms with van der Waals surface area (Å²) in [7, 11) is -0.948. The zero-order valence-electron chi connectivity index (χ0n) is 15.9. The number of hydrogen-bond donors (Lipinski definition) is 1. The lowest BCUT2D eigenvalue weighted by atomic mass is 10.1. The van der Waals surface area contributed by atoms with Gasteiger partial charge in [0.25, 0.3) is 0 Å². The second-order valence-corrected chi connectivity index (χ2v) is 8.07. The molecule has 2 aromatic rings. The second kappa shape index (κ2) is 10.8.